The Morgan fingerprint density at radius 1 is 0.690 bits per heavy atom. The van der Waals surface area contributed by atoms with E-state index in [1.165, 1.54) is 33.5 Å². The smallest absolute Gasteiger partial charge is 0.120 e. The Balaban J connectivity index is 0.000000225. The number of rotatable bonds is 6. The third-order valence-electron chi connectivity index (χ3n) is 10.7. The summed E-state index contributed by atoms with van der Waals surface area (Å²) < 4.78 is 8.90. The summed E-state index contributed by atoms with van der Waals surface area (Å²) in [7, 11) is 0. The van der Waals surface area contributed by atoms with Crippen LogP contribution in [0.25, 0.3) is 72.4 Å². The second kappa shape index (κ2) is 16.7. The topological polar surface area (TPSA) is 56.7 Å². The number of furan rings is 1. The Bertz CT molecular complexity index is 2770. The van der Waals surface area contributed by atoms with Gasteiger partial charge < -0.3 is 14.0 Å². The first-order chi connectivity index (χ1) is 27.5. The first kappa shape index (κ1) is 40.5. The molecule has 1 radical (unpaired) electrons. The molecule has 6 heteroatoms. The van der Waals surface area contributed by atoms with E-state index in [1.54, 1.807) is 0 Å². The molecule has 0 saturated carbocycles. The van der Waals surface area contributed by atoms with Crippen LogP contribution in [-0.2, 0) is 25.5 Å². The summed E-state index contributed by atoms with van der Waals surface area (Å²) in [6, 6.07) is 48.1. The zero-order valence-corrected chi connectivity index (χ0v) is 36.8. The summed E-state index contributed by atoms with van der Waals surface area (Å²) in [6.45, 7) is 17.9. The number of imidazole rings is 1. The molecule has 0 aliphatic heterocycles. The van der Waals surface area contributed by atoms with Crippen LogP contribution in [-0.4, -0.2) is 19.5 Å². The molecular weight excluding hydrogens is 889 g/mol. The molecule has 4 aromatic heterocycles. The summed E-state index contributed by atoms with van der Waals surface area (Å²) in [4.78, 5) is 14.6. The van der Waals surface area contributed by atoms with Crippen molar-refractivity contribution in [2.75, 3.05) is 0 Å². The maximum absolute atomic E-state index is 6.51. The minimum atomic E-state index is -0.131. The molecule has 5 aromatic carbocycles. The number of fused-ring (bicyclic) bond motifs is 4. The van der Waals surface area contributed by atoms with Gasteiger partial charge in [0.2, 0.25) is 0 Å². The summed E-state index contributed by atoms with van der Waals surface area (Å²) >= 11 is 0. The van der Waals surface area contributed by atoms with Gasteiger partial charge in [-0.3, -0.25) is 9.97 Å². The van der Waals surface area contributed by atoms with Crippen LogP contribution in [0.4, 0.5) is 0 Å². The zero-order chi connectivity index (χ0) is 39.8. The zero-order valence-electron chi connectivity index (χ0n) is 34.4. The maximum Gasteiger partial charge on any atom is 0.120 e. The van der Waals surface area contributed by atoms with Crippen molar-refractivity contribution < 1.29 is 24.5 Å². The van der Waals surface area contributed by atoms with Crippen LogP contribution < -0.4 is 0 Å². The summed E-state index contributed by atoms with van der Waals surface area (Å²) in [5.41, 5.74) is 14.7. The molecule has 0 bridgehead atoms. The van der Waals surface area contributed by atoms with Gasteiger partial charge >= 0.3 is 0 Å². The fourth-order valence-corrected chi connectivity index (χ4v) is 7.71. The second-order valence-corrected chi connectivity index (χ2v) is 16.3. The van der Waals surface area contributed by atoms with Crippen molar-refractivity contribution in [2.24, 2.45) is 0 Å². The molecular formula is C52H48IrN4O-2. The minimum Gasteiger partial charge on any atom is -0.501 e. The Labute approximate surface area is 355 Å². The van der Waals surface area contributed by atoms with Crippen LogP contribution in [0, 0.1) is 19.1 Å². The Hall–Kier alpha value is -5.68. The van der Waals surface area contributed by atoms with Gasteiger partial charge in [-0.15, -0.1) is 54.1 Å². The van der Waals surface area contributed by atoms with Gasteiger partial charge in [-0.25, -0.2) is 0 Å². The van der Waals surface area contributed by atoms with Gasteiger partial charge in [0, 0.05) is 49.1 Å². The van der Waals surface area contributed by atoms with Gasteiger partial charge in [-0.1, -0.05) is 132 Å². The molecule has 0 saturated heterocycles. The molecule has 5 nitrogen and oxygen atoms in total. The first-order valence-corrected chi connectivity index (χ1v) is 19.8. The van der Waals surface area contributed by atoms with Crippen LogP contribution in [0.15, 0.2) is 138 Å². The van der Waals surface area contributed by atoms with Crippen LogP contribution in [0.5, 0.6) is 0 Å². The number of para-hydroxylation sites is 2. The molecule has 0 unspecified atom stereocenters. The second-order valence-electron chi connectivity index (χ2n) is 16.3. The predicted octanol–water partition coefficient (Wildman–Crippen LogP) is 13.9. The number of hydrogen-bond acceptors (Lipinski definition) is 4. The average Bonchev–Trinajstić information content (AvgIpc) is 3.81. The summed E-state index contributed by atoms with van der Waals surface area (Å²) in [5, 5.41) is 2.18. The molecule has 0 aliphatic rings. The fraction of sp³-hybridized carbons (Fsp3) is 0.212. The number of benzene rings is 5. The van der Waals surface area contributed by atoms with Crippen LogP contribution in [0.1, 0.15) is 82.7 Å². The minimum absolute atomic E-state index is 0. The monoisotopic (exact) mass is 937 g/mol. The number of pyridine rings is 2. The number of aryl methyl sites for hydroxylation is 1. The van der Waals surface area contributed by atoms with Gasteiger partial charge in [0.1, 0.15) is 5.58 Å². The summed E-state index contributed by atoms with van der Waals surface area (Å²) in [6.07, 6.45) is 3.89. The Morgan fingerprint density at radius 2 is 1.40 bits per heavy atom. The predicted molar refractivity (Wildman–Crippen MR) is 236 cm³/mol. The van der Waals surface area contributed by atoms with Gasteiger partial charge in [0.05, 0.1) is 28.1 Å². The van der Waals surface area contributed by atoms with E-state index in [4.69, 9.17) is 14.4 Å². The first-order valence-electron chi connectivity index (χ1n) is 19.8. The molecule has 0 N–H and O–H groups in total. The Morgan fingerprint density at radius 3 is 2.09 bits per heavy atom. The normalized spacial score (nSPS) is 11.6. The fourth-order valence-electron chi connectivity index (χ4n) is 7.71. The summed E-state index contributed by atoms with van der Waals surface area (Å²) in [5.74, 6) is 1.50. The standard InChI is InChI=1S/C35H36N3O.C17H12N.Ir/c1-20(2)23-14-11-15-24(21(3)4)31(23)38-32-28(35(6,7)8)19-36-22(5)30(32)37-34(38)27-17-12-16-26-25-13-9-10-18-29(25)39-33(26)27;1-3-7-14(8-4-1)16-11-12-18-17(13-16)15-9-5-2-6-10-15;/h9-16,18-21H,1-8H3;1-9,11-13H;/q2*-1;. The van der Waals surface area contributed by atoms with E-state index in [2.05, 4.69) is 132 Å². The van der Waals surface area contributed by atoms with E-state index in [-0.39, 0.29) is 25.5 Å². The molecule has 9 rings (SSSR count). The van der Waals surface area contributed by atoms with E-state index in [1.807, 2.05) is 79.1 Å². The van der Waals surface area contributed by atoms with Crippen molar-refractivity contribution in [1.29, 1.82) is 0 Å². The number of hydrogen-bond donors (Lipinski definition) is 0. The van der Waals surface area contributed by atoms with Crippen molar-refractivity contribution in [3.63, 3.8) is 0 Å². The van der Waals surface area contributed by atoms with Gasteiger partial charge in [-0.2, -0.15) is 0 Å². The molecule has 0 aliphatic carbocycles. The van der Waals surface area contributed by atoms with Crippen molar-refractivity contribution in [1.82, 2.24) is 19.5 Å². The SMILES string of the molecule is Cc1ncc(C(C)(C)C)c2c1nc(-c1[c-]ccc3c1oc1ccccc13)n2-c1c(C(C)C)cccc1C(C)C.[Ir].[c-]1ccccc1-c1cc(-c2ccccc2)ccn1. The third-order valence-corrected chi connectivity index (χ3v) is 10.7. The molecule has 0 fully saturated rings. The number of aromatic nitrogens is 4. The quantitative estimate of drug-likeness (QED) is 0.156. The van der Waals surface area contributed by atoms with E-state index in [0.29, 0.717) is 11.8 Å². The molecule has 58 heavy (non-hydrogen) atoms. The van der Waals surface area contributed by atoms with Crippen molar-refractivity contribution in [2.45, 2.75) is 72.6 Å². The van der Waals surface area contributed by atoms with Gasteiger partial charge in [0.15, 0.2) is 0 Å². The Kier molecular flexibility index (Phi) is 11.6. The van der Waals surface area contributed by atoms with Gasteiger partial charge in [-0.05, 0) is 64.3 Å². The molecule has 0 spiro atoms. The van der Waals surface area contributed by atoms with E-state index < -0.39 is 0 Å². The van der Waals surface area contributed by atoms with Crippen molar-refractivity contribution in [3.05, 3.63) is 168 Å². The van der Waals surface area contributed by atoms with E-state index in [9.17, 15) is 0 Å². The molecule has 4 heterocycles. The molecule has 9 aromatic rings. The van der Waals surface area contributed by atoms with Crippen LogP contribution in [0.3, 0.4) is 0 Å². The average molecular weight is 937 g/mol. The third kappa shape index (κ3) is 7.67. The van der Waals surface area contributed by atoms with Crippen molar-refractivity contribution >= 4 is 33.0 Å². The largest absolute Gasteiger partial charge is 0.501 e. The maximum atomic E-state index is 6.51. The van der Waals surface area contributed by atoms with Crippen LogP contribution >= 0.6 is 0 Å². The van der Waals surface area contributed by atoms with E-state index in [0.717, 1.165) is 61.3 Å². The number of nitrogens with zero attached hydrogens (tertiary/aromatic N) is 4. The molecule has 0 amide bonds. The molecule has 0 atom stereocenters. The molecule has 293 valence electrons. The van der Waals surface area contributed by atoms with E-state index >= 15 is 0 Å². The van der Waals surface area contributed by atoms with Crippen molar-refractivity contribution in [3.8, 4) is 39.5 Å². The van der Waals surface area contributed by atoms with Gasteiger partial charge in [0.25, 0.3) is 0 Å². The van der Waals surface area contributed by atoms with Crippen LogP contribution in [0.2, 0.25) is 0 Å².